The van der Waals surface area contributed by atoms with Gasteiger partial charge in [-0.3, -0.25) is 4.79 Å². The van der Waals surface area contributed by atoms with Crippen molar-refractivity contribution in [2.24, 2.45) is 5.73 Å². The van der Waals surface area contributed by atoms with Crippen LogP contribution in [0.2, 0.25) is 10.0 Å². The standard InChI is InChI=1S/C9H9Cl2NO3.ClH/c1-15-9(14)7(12)4-2-5(10)8(13)6(11)3-4;/h2-3,7,13H,12H2,1H3;1H/t7-;/m1./s1. The number of hydrogen-bond acceptors (Lipinski definition) is 4. The van der Waals surface area contributed by atoms with Gasteiger partial charge >= 0.3 is 5.97 Å². The van der Waals surface area contributed by atoms with E-state index in [4.69, 9.17) is 28.9 Å². The van der Waals surface area contributed by atoms with Gasteiger partial charge < -0.3 is 15.6 Å². The predicted octanol–water partition coefficient (Wildman–Crippen LogP) is 2.29. The molecule has 0 radical (unpaired) electrons. The summed E-state index contributed by atoms with van der Waals surface area (Å²) in [6.07, 6.45) is 0. The second-order valence-electron chi connectivity index (χ2n) is 2.83. The fraction of sp³-hybridized carbons (Fsp3) is 0.222. The molecule has 0 fully saturated rings. The van der Waals surface area contributed by atoms with Gasteiger partial charge in [0.15, 0.2) is 5.75 Å². The Bertz CT molecular complexity index is 375. The van der Waals surface area contributed by atoms with Gasteiger partial charge in [0.25, 0.3) is 0 Å². The van der Waals surface area contributed by atoms with E-state index in [0.29, 0.717) is 5.56 Å². The first-order valence-electron chi connectivity index (χ1n) is 3.98. The lowest BCUT2D eigenvalue weighted by Crippen LogP contribution is -2.22. The van der Waals surface area contributed by atoms with Crippen LogP contribution in [0.25, 0.3) is 0 Å². The van der Waals surface area contributed by atoms with Crippen molar-refractivity contribution in [1.29, 1.82) is 0 Å². The molecule has 4 nitrogen and oxygen atoms in total. The Morgan fingerprint density at radius 1 is 1.44 bits per heavy atom. The van der Waals surface area contributed by atoms with Gasteiger partial charge in [-0.1, -0.05) is 23.2 Å². The number of rotatable bonds is 2. The molecule has 0 amide bonds. The second kappa shape index (κ2) is 6.15. The van der Waals surface area contributed by atoms with Gasteiger partial charge in [-0.05, 0) is 17.7 Å². The van der Waals surface area contributed by atoms with Gasteiger partial charge in [0.05, 0.1) is 17.2 Å². The van der Waals surface area contributed by atoms with Gasteiger partial charge in [-0.25, -0.2) is 0 Å². The van der Waals surface area contributed by atoms with E-state index in [1.54, 1.807) is 0 Å². The fourth-order valence-corrected chi connectivity index (χ4v) is 1.53. The summed E-state index contributed by atoms with van der Waals surface area (Å²) in [5.41, 5.74) is 5.95. The summed E-state index contributed by atoms with van der Waals surface area (Å²) in [6.45, 7) is 0. The number of halogens is 3. The summed E-state index contributed by atoms with van der Waals surface area (Å²) >= 11 is 11.3. The monoisotopic (exact) mass is 285 g/mol. The zero-order valence-corrected chi connectivity index (χ0v) is 10.6. The molecule has 0 heterocycles. The lowest BCUT2D eigenvalue weighted by molar-refractivity contribution is -0.142. The molecule has 1 atom stereocenters. The lowest BCUT2D eigenvalue weighted by Gasteiger charge is -2.11. The van der Waals surface area contributed by atoms with Crippen molar-refractivity contribution >= 4 is 41.6 Å². The first-order chi connectivity index (χ1) is 6.97. The maximum atomic E-state index is 11.1. The number of nitrogens with two attached hydrogens (primary N) is 1. The van der Waals surface area contributed by atoms with Gasteiger partial charge in [0.1, 0.15) is 6.04 Å². The van der Waals surface area contributed by atoms with E-state index < -0.39 is 12.0 Å². The van der Waals surface area contributed by atoms with Crippen LogP contribution in [0.1, 0.15) is 11.6 Å². The Balaban J connectivity index is 0.00000225. The van der Waals surface area contributed by atoms with Gasteiger partial charge in [-0.2, -0.15) is 0 Å². The number of esters is 1. The van der Waals surface area contributed by atoms with Crippen molar-refractivity contribution in [3.05, 3.63) is 27.7 Å². The Morgan fingerprint density at radius 3 is 2.25 bits per heavy atom. The predicted molar refractivity (Wildman–Crippen MR) is 64.3 cm³/mol. The summed E-state index contributed by atoms with van der Waals surface area (Å²) in [5.74, 6) is -0.841. The molecule has 16 heavy (non-hydrogen) atoms. The van der Waals surface area contributed by atoms with E-state index in [1.807, 2.05) is 0 Å². The Hall–Kier alpha value is -0.680. The van der Waals surface area contributed by atoms with Gasteiger partial charge in [-0.15, -0.1) is 12.4 Å². The van der Waals surface area contributed by atoms with Crippen LogP contribution in [0.4, 0.5) is 0 Å². The smallest absolute Gasteiger partial charge is 0.327 e. The molecule has 0 aliphatic heterocycles. The third-order valence-electron chi connectivity index (χ3n) is 1.85. The molecule has 0 aromatic heterocycles. The summed E-state index contributed by atoms with van der Waals surface area (Å²) in [5, 5.41) is 9.36. The summed E-state index contributed by atoms with van der Waals surface area (Å²) in [6, 6.07) is 1.76. The van der Waals surface area contributed by atoms with E-state index >= 15 is 0 Å². The van der Waals surface area contributed by atoms with Crippen LogP contribution >= 0.6 is 35.6 Å². The Labute approximate surface area is 109 Å². The molecule has 1 aromatic rings. The maximum Gasteiger partial charge on any atom is 0.327 e. The largest absolute Gasteiger partial charge is 0.505 e. The minimum atomic E-state index is -0.967. The molecule has 0 aliphatic carbocycles. The molecule has 0 aliphatic rings. The van der Waals surface area contributed by atoms with Crippen molar-refractivity contribution in [3.63, 3.8) is 0 Å². The lowest BCUT2D eigenvalue weighted by atomic mass is 10.1. The normalized spacial score (nSPS) is 11.5. The molecule has 3 N–H and O–H groups in total. The number of phenols is 1. The first kappa shape index (κ1) is 15.3. The molecule has 90 valence electrons. The quantitative estimate of drug-likeness (QED) is 0.818. The number of hydrogen-bond donors (Lipinski definition) is 2. The van der Waals surface area contributed by atoms with Crippen molar-refractivity contribution in [1.82, 2.24) is 0 Å². The average Bonchev–Trinajstić information content (AvgIpc) is 2.23. The zero-order chi connectivity index (χ0) is 11.6. The van der Waals surface area contributed by atoms with E-state index in [-0.39, 0.29) is 28.2 Å². The van der Waals surface area contributed by atoms with E-state index in [1.165, 1.54) is 19.2 Å². The van der Waals surface area contributed by atoms with Crippen molar-refractivity contribution in [2.75, 3.05) is 7.11 Å². The van der Waals surface area contributed by atoms with Crippen LogP contribution in [-0.4, -0.2) is 18.2 Å². The summed E-state index contributed by atoms with van der Waals surface area (Å²) < 4.78 is 4.46. The van der Waals surface area contributed by atoms with Crippen LogP contribution in [0, 0.1) is 0 Å². The minimum Gasteiger partial charge on any atom is -0.505 e. The highest BCUT2D eigenvalue weighted by Gasteiger charge is 2.18. The molecule has 1 rings (SSSR count). The van der Waals surface area contributed by atoms with E-state index in [2.05, 4.69) is 4.74 Å². The number of benzene rings is 1. The summed E-state index contributed by atoms with van der Waals surface area (Å²) in [4.78, 5) is 11.1. The molecular weight excluding hydrogens is 276 g/mol. The Morgan fingerprint density at radius 2 is 1.88 bits per heavy atom. The molecular formula is C9H10Cl3NO3. The van der Waals surface area contributed by atoms with Crippen LogP contribution in [0.5, 0.6) is 5.75 Å². The fourth-order valence-electron chi connectivity index (χ4n) is 1.03. The topological polar surface area (TPSA) is 72.5 Å². The molecule has 0 unspecified atom stereocenters. The molecule has 1 aromatic carbocycles. The highest BCUT2D eigenvalue weighted by Crippen LogP contribution is 2.34. The van der Waals surface area contributed by atoms with Crippen LogP contribution < -0.4 is 5.73 Å². The molecule has 0 saturated heterocycles. The zero-order valence-electron chi connectivity index (χ0n) is 8.24. The van der Waals surface area contributed by atoms with Crippen LogP contribution in [0.3, 0.4) is 0 Å². The van der Waals surface area contributed by atoms with Crippen molar-refractivity contribution in [2.45, 2.75) is 6.04 Å². The number of aromatic hydroxyl groups is 1. The molecule has 0 saturated carbocycles. The molecule has 0 spiro atoms. The van der Waals surface area contributed by atoms with Crippen LogP contribution in [-0.2, 0) is 9.53 Å². The second-order valence-corrected chi connectivity index (χ2v) is 3.65. The van der Waals surface area contributed by atoms with Crippen molar-refractivity contribution < 1.29 is 14.6 Å². The number of methoxy groups -OCH3 is 1. The number of phenolic OH excluding ortho intramolecular Hbond substituents is 1. The Kier molecular flexibility index (Phi) is 5.89. The average molecular weight is 287 g/mol. The van der Waals surface area contributed by atoms with Crippen LogP contribution in [0.15, 0.2) is 12.1 Å². The highest BCUT2D eigenvalue weighted by atomic mass is 35.5. The van der Waals surface area contributed by atoms with Gasteiger partial charge in [0.2, 0.25) is 0 Å². The highest BCUT2D eigenvalue weighted by molar-refractivity contribution is 6.37. The number of carbonyl (C=O) groups is 1. The van der Waals surface area contributed by atoms with Gasteiger partial charge in [0, 0.05) is 0 Å². The number of carbonyl (C=O) groups excluding carboxylic acids is 1. The maximum absolute atomic E-state index is 11.1. The third kappa shape index (κ3) is 3.15. The molecule has 0 bridgehead atoms. The van der Waals surface area contributed by atoms with Crippen molar-refractivity contribution in [3.8, 4) is 5.75 Å². The van der Waals surface area contributed by atoms with E-state index in [0.717, 1.165) is 0 Å². The SMILES string of the molecule is COC(=O)[C@H](N)c1cc(Cl)c(O)c(Cl)c1.Cl. The number of ether oxygens (including phenoxy) is 1. The summed E-state index contributed by atoms with van der Waals surface area (Å²) in [7, 11) is 1.23. The first-order valence-corrected chi connectivity index (χ1v) is 4.74. The van der Waals surface area contributed by atoms with E-state index in [9.17, 15) is 9.90 Å². The third-order valence-corrected chi connectivity index (χ3v) is 2.43. The minimum absolute atomic E-state index is 0. The molecule has 7 heteroatoms.